The van der Waals surface area contributed by atoms with Gasteiger partial charge in [-0.2, -0.15) is 17.5 Å². The van der Waals surface area contributed by atoms with E-state index in [4.69, 9.17) is 4.74 Å². The Kier molecular flexibility index (Phi) is 5.10. The standard InChI is InChI=1S/C20H19F3N2O5S/c1-2-24(31(28,29)18-6-4-3-5-16(18)25(26)27)17-12-30-19(9-10-19)15-11-13(20(21,22)23)7-8-14(15)17/h3-8,11,17H,2,9-10,12H2,1H3/t17-/m1/s1. The summed E-state index contributed by atoms with van der Waals surface area (Å²) < 4.78 is 73.5. The molecule has 0 unspecified atom stereocenters. The van der Waals surface area contributed by atoms with Crippen LogP contribution in [0.2, 0.25) is 0 Å². The summed E-state index contributed by atoms with van der Waals surface area (Å²) in [5.41, 5.74) is -1.46. The highest BCUT2D eigenvalue weighted by Crippen LogP contribution is 2.56. The summed E-state index contributed by atoms with van der Waals surface area (Å²) in [7, 11) is -4.34. The molecule has 7 nitrogen and oxygen atoms in total. The van der Waals surface area contributed by atoms with E-state index in [0.29, 0.717) is 24.0 Å². The lowest BCUT2D eigenvalue weighted by Gasteiger charge is -2.38. The van der Waals surface area contributed by atoms with Gasteiger partial charge in [-0.1, -0.05) is 25.1 Å². The van der Waals surface area contributed by atoms with Crippen molar-refractivity contribution in [1.29, 1.82) is 0 Å². The maximum atomic E-state index is 13.4. The summed E-state index contributed by atoms with van der Waals surface area (Å²) in [4.78, 5) is 10.1. The molecule has 2 aromatic carbocycles. The Hall–Kier alpha value is -2.50. The minimum Gasteiger partial charge on any atom is -0.368 e. The predicted octanol–water partition coefficient (Wildman–Crippen LogP) is 4.38. The number of nitro benzene ring substituents is 1. The lowest BCUT2D eigenvalue weighted by molar-refractivity contribution is -0.387. The number of likely N-dealkylation sites (N-methyl/N-ethyl adjacent to an activating group) is 1. The second-order valence-corrected chi connectivity index (χ2v) is 9.41. The maximum Gasteiger partial charge on any atom is 0.416 e. The van der Waals surface area contributed by atoms with Gasteiger partial charge in [-0.05, 0) is 42.2 Å². The first-order valence-corrected chi connectivity index (χ1v) is 11.1. The molecule has 1 fully saturated rings. The minimum absolute atomic E-state index is 0.0458. The fraction of sp³-hybridized carbons (Fsp3) is 0.400. The quantitative estimate of drug-likeness (QED) is 0.492. The second kappa shape index (κ2) is 7.28. The zero-order chi connectivity index (χ0) is 22.6. The largest absolute Gasteiger partial charge is 0.416 e. The summed E-state index contributed by atoms with van der Waals surface area (Å²) in [5.74, 6) is 0. The van der Waals surface area contributed by atoms with Crippen molar-refractivity contribution < 1.29 is 31.2 Å². The van der Waals surface area contributed by atoms with E-state index < -0.39 is 48.9 Å². The van der Waals surface area contributed by atoms with Crippen LogP contribution in [0.15, 0.2) is 47.4 Å². The van der Waals surface area contributed by atoms with Crippen LogP contribution in [0.5, 0.6) is 0 Å². The Labute approximate surface area is 176 Å². The third kappa shape index (κ3) is 3.60. The SMILES string of the molecule is CCN([C@@H]1COC2(CC2)c2cc(C(F)(F)F)ccc21)S(=O)(=O)c1ccccc1[N+](=O)[O-]. The van der Waals surface area contributed by atoms with Crippen molar-refractivity contribution in [2.45, 2.75) is 42.5 Å². The molecule has 166 valence electrons. The zero-order valence-corrected chi connectivity index (χ0v) is 17.2. The highest BCUT2D eigenvalue weighted by molar-refractivity contribution is 7.89. The molecule has 0 N–H and O–H groups in total. The molecule has 11 heteroatoms. The summed E-state index contributed by atoms with van der Waals surface area (Å²) in [6.07, 6.45) is -3.44. The van der Waals surface area contributed by atoms with Gasteiger partial charge in [0, 0.05) is 12.6 Å². The van der Waals surface area contributed by atoms with Crippen LogP contribution in [-0.2, 0) is 26.5 Å². The van der Waals surface area contributed by atoms with Crippen molar-refractivity contribution in [3.05, 3.63) is 69.3 Å². The number of nitro groups is 1. The van der Waals surface area contributed by atoms with E-state index in [9.17, 15) is 31.7 Å². The van der Waals surface area contributed by atoms with E-state index in [-0.39, 0.29) is 13.2 Å². The number of para-hydroxylation sites is 1. The number of benzene rings is 2. The topological polar surface area (TPSA) is 89.8 Å². The van der Waals surface area contributed by atoms with Crippen LogP contribution in [-0.4, -0.2) is 30.8 Å². The molecule has 1 aliphatic heterocycles. The molecule has 0 amide bonds. The van der Waals surface area contributed by atoms with E-state index in [1.807, 2.05) is 0 Å². The smallest absolute Gasteiger partial charge is 0.368 e. The number of hydrogen-bond donors (Lipinski definition) is 0. The number of rotatable bonds is 5. The molecule has 2 aromatic rings. The number of halogens is 3. The molecule has 1 heterocycles. The van der Waals surface area contributed by atoms with Crippen LogP contribution in [0, 0.1) is 10.1 Å². The molecule has 1 saturated carbocycles. The van der Waals surface area contributed by atoms with Gasteiger partial charge in [-0.3, -0.25) is 10.1 Å². The Morgan fingerprint density at radius 1 is 1.23 bits per heavy atom. The Morgan fingerprint density at radius 2 is 1.90 bits per heavy atom. The average Bonchev–Trinajstić information content (AvgIpc) is 3.49. The third-order valence-electron chi connectivity index (χ3n) is 5.76. The summed E-state index contributed by atoms with van der Waals surface area (Å²) in [5, 5.41) is 11.4. The number of sulfonamides is 1. The highest BCUT2D eigenvalue weighted by atomic mass is 32.2. The fourth-order valence-electron chi connectivity index (χ4n) is 4.10. The lowest BCUT2D eigenvalue weighted by Crippen LogP contribution is -2.41. The first-order valence-electron chi connectivity index (χ1n) is 9.62. The second-order valence-electron chi connectivity index (χ2n) is 7.55. The molecule has 0 aromatic heterocycles. The summed E-state index contributed by atoms with van der Waals surface area (Å²) in [6, 6.07) is 7.34. The molecule has 2 aliphatic rings. The van der Waals surface area contributed by atoms with Crippen LogP contribution in [0.1, 0.15) is 42.5 Å². The van der Waals surface area contributed by atoms with Crippen LogP contribution >= 0.6 is 0 Å². The van der Waals surface area contributed by atoms with Crippen LogP contribution in [0.25, 0.3) is 0 Å². The average molecular weight is 456 g/mol. The molecule has 0 saturated heterocycles. The van der Waals surface area contributed by atoms with E-state index in [1.54, 1.807) is 6.92 Å². The highest BCUT2D eigenvalue weighted by Gasteiger charge is 2.53. The fourth-order valence-corrected chi connectivity index (χ4v) is 5.86. The van der Waals surface area contributed by atoms with Crippen LogP contribution in [0.3, 0.4) is 0 Å². The molecule has 31 heavy (non-hydrogen) atoms. The van der Waals surface area contributed by atoms with Crippen molar-refractivity contribution in [1.82, 2.24) is 4.31 Å². The van der Waals surface area contributed by atoms with Crippen molar-refractivity contribution in [3.8, 4) is 0 Å². The number of fused-ring (bicyclic) bond motifs is 2. The zero-order valence-electron chi connectivity index (χ0n) is 16.4. The normalized spacial score (nSPS) is 20.0. The summed E-state index contributed by atoms with van der Waals surface area (Å²) >= 11 is 0. The van der Waals surface area contributed by atoms with E-state index in [1.165, 1.54) is 18.2 Å². The van der Waals surface area contributed by atoms with Gasteiger partial charge in [-0.25, -0.2) is 8.42 Å². The number of nitrogens with zero attached hydrogens (tertiary/aromatic N) is 2. The van der Waals surface area contributed by atoms with E-state index in [2.05, 4.69) is 0 Å². The molecular formula is C20H19F3N2O5S. The summed E-state index contributed by atoms with van der Waals surface area (Å²) in [6.45, 7) is 1.47. The van der Waals surface area contributed by atoms with Crippen molar-refractivity contribution in [2.24, 2.45) is 0 Å². The van der Waals surface area contributed by atoms with E-state index in [0.717, 1.165) is 28.6 Å². The van der Waals surface area contributed by atoms with Crippen molar-refractivity contribution in [3.63, 3.8) is 0 Å². The van der Waals surface area contributed by atoms with Crippen LogP contribution in [0.4, 0.5) is 18.9 Å². The van der Waals surface area contributed by atoms with Gasteiger partial charge in [-0.15, -0.1) is 0 Å². The molecule has 1 atom stereocenters. The number of hydrogen-bond acceptors (Lipinski definition) is 5. The Balaban J connectivity index is 1.82. The first-order chi connectivity index (χ1) is 14.5. The monoisotopic (exact) mass is 456 g/mol. The van der Waals surface area contributed by atoms with Crippen molar-refractivity contribution >= 4 is 15.7 Å². The van der Waals surface area contributed by atoms with E-state index >= 15 is 0 Å². The number of alkyl halides is 3. The van der Waals surface area contributed by atoms with Gasteiger partial charge in [0.1, 0.15) is 0 Å². The molecule has 1 spiro atoms. The lowest BCUT2D eigenvalue weighted by atomic mass is 9.90. The van der Waals surface area contributed by atoms with Crippen LogP contribution < -0.4 is 0 Å². The van der Waals surface area contributed by atoms with Gasteiger partial charge in [0.15, 0.2) is 4.90 Å². The molecule has 1 aliphatic carbocycles. The van der Waals surface area contributed by atoms with Gasteiger partial charge in [0.2, 0.25) is 0 Å². The number of ether oxygens (including phenoxy) is 1. The van der Waals surface area contributed by atoms with Gasteiger partial charge < -0.3 is 4.74 Å². The predicted molar refractivity (Wildman–Crippen MR) is 104 cm³/mol. The third-order valence-corrected chi connectivity index (χ3v) is 7.79. The molecule has 0 radical (unpaired) electrons. The first kappa shape index (κ1) is 21.7. The van der Waals surface area contributed by atoms with Crippen molar-refractivity contribution in [2.75, 3.05) is 13.2 Å². The Morgan fingerprint density at radius 3 is 2.48 bits per heavy atom. The molecule has 4 rings (SSSR count). The molecule has 0 bridgehead atoms. The molecular weight excluding hydrogens is 437 g/mol. The minimum atomic E-state index is -4.54. The van der Waals surface area contributed by atoms with Gasteiger partial charge >= 0.3 is 6.18 Å². The van der Waals surface area contributed by atoms with Gasteiger partial charge in [0.05, 0.1) is 28.7 Å². The van der Waals surface area contributed by atoms with Gasteiger partial charge in [0.25, 0.3) is 15.7 Å². The maximum absolute atomic E-state index is 13.4. The Bertz CT molecular complexity index is 1150.